The lowest BCUT2D eigenvalue weighted by Gasteiger charge is -2.06. The van der Waals surface area contributed by atoms with Crippen LogP contribution in [0, 0.1) is 6.92 Å². The van der Waals surface area contributed by atoms with Crippen molar-refractivity contribution in [3.05, 3.63) is 58.7 Å². The Kier molecular flexibility index (Phi) is 2.65. The van der Waals surface area contributed by atoms with Gasteiger partial charge in [-0.2, -0.15) is 0 Å². The van der Waals surface area contributed by atoms with Crippen LogP contribution in [0.15, 0.2) is 45.4 Å². The molecule has 4 heteroatoms. The Morgan fingerprint density at radius 2 is 2.11 bits per heavy atom. The number of fused-ring (bicyclic) bond motifs is 1. The fourth-order valence-corrected chi connectivity index (χ4v) is 2.25. The molecule has 1 aromatic carbocycles. The number of nitrogens with two attached hydrogens (primary N) is 1. The van der Waals surface area contributed by atoms with E-state index in [4.69, 9.17) is 26.2 Å². The predicted octanol–water partition coefficient (Wildman–Crippen LogP) is 4.04. The molecule has 92 valence electrons. The molecule has 0 radical (unpaired) electrons. The molecular formula is C14H12ClNO2. The molecule has 3 nitrogen and oxygen atoms in total. The van der Waals surface area contributed by atoms with Crippen LogP contribution in [0.1, 0.15) is 23.1 Å². The van der Waals surface area contributed by atoms with E-state index in [1.54, 1.807) is 12.3 Å². The maximum Gasteiger partial charge on any atom is 0.152 e. The van der Waals surface area contributed by atoms with Crippen LogP contribution in [0.2, 0.25) is 5.02 Å². The number of rotatable bonds is 2. The minimum absolute atomic E-state index is 0.413. The number of aryl methyl sites for hydroxylation is 1. The molecule has 0 aliphatic rings. The van der Waals surface area contributed by atoms with Gasteiger partial charge in [-0.25, -0.2) is 0 Å². The van der Waals surface area contributed by atoms with Gasteiger partial charge in [-0.15, -0.1) is 0 Å². The van der Waals surface area contributed by atoms with Gasteiger partial charge in [-0.1, -0.05) is 23.7 Å². The summed E-state index contributed by atoms with van der Waals surface area (Å²) in [6.45, 7) is 1.95. The largest absolute Gasteiger partial charge is 0.467 e. The average molecular weight is 262 g/mol. The van der Waals surface area contributed by atoms with Crippen LogP contribution in [0.25, 0.3) is 11.0 Å². The number of benzene rings is 1. The van der Waals surface area contributed by atoms with Crippen LogP contribution in [-0.2, 0) is 0 Å². The zero-order chi connectivity index (χ0) is 12.7. The monoisotopic (exact) mass is 261 g/mol. The summed E-state index contributed by atoms with van der Waals surface area (Å²) in [4.78, 5) is 0. The van der Waals surface area contributed by atoms with E-state index < -0.39 is 6.04 Å². The summed E-state index contributed by atoms with van der Waals surface area (Å²) in [6.07, 6.45) is 1.63. The zero-order valence-corrected chi connectivity index (χ0v) is 10.6. The van der Waals surface area contributed by atoms with Crippen LogP contribution < -0.4 is 5.73 Å². The van der Waals surface area contributed by atoms with Gasteiger partial charge < -0.3 is 14.6 Å². The smallest absolute Gasteiger partial charge is 0.152 e. The van der Waals surface area contributed by atoms with Crippen molar-refractivity contribution in [2.75, 3.05) is 0 Å². The van der Waals surface area contributed by atoms with Crippen molar-refractivity contribution in [1.82, 2.24) is 0 Å². The lowest BCUT2D eigenvalue weighted by atomic mass is 10.1. The molecule has 18 heavy (non-hydrogen) atoms. The number of para-hydroxylation sites is 1. The molecule has 3 rings (SSSR count). The molecule has 0 saturated carbocycles. The van der Waals surface area contributed by atoms with Gasteiger partial charge in [0.05, 0.1) is 11.3 Å². The third-order valence-corrected chi connectivity index (χ3v) is 3.30. The van der Waals surface area contributed by atoms with Crippen molar-refractivity contribution in [1.29, 1.82) is 0 Å². The summed E-state index contributed by atoms with van der Waals surface area (Å²) >= 11 is 6.07. The maximum absolute atomic E-state index is 6.14. The normalized spacial score (nSPS) is 13.1. The van der Waals surface area contributed by atoms with Gasteiger partial charge >= 0.3 is 0 Å². The standard InChI is InChI=1S/C14H12ClNO2/c1-8-5-6-17-13(8)12(16)11-7-9-3-2-4-10(15)14(9)18-11/h2-7,12H,16H2,1H3. The lowest BCUT2D eigenvalue weighted by Crippen LogP contribution is -2.10. The van der Waals surface area contributed by atoms with Crippen molar-refractivity contribution in [3.8, 4) is 0 Å². The average Bonchev–Trinajstić information content (AvgIpc) is 2.95. The molecule has 0 amide bonds. The zero-order valence-electron chi connectivity index (χ0n) is 9.81. The molecule has 0 saturated heterocycles. The van der Waals surface area contributed by atoms with Gasteiger partial charge in [0.2, 0.25) is 0 Å². The molecule has 0 spiro atoms. The second-order valence-electron chi connectivity index (χ2n) is 4.25. The quantitative estimate of drug-likeness (QED) is 0.757. The number of hydrogen-bond acceptors (Lipinski definition) is 3. The summed E-state index contributed by atoms with van der Waals surface area (Å²) in [5.74, 6) is 1.36. The lowest BCUT2D eigenvalue weighted by molar-refractivity contribution is 0.443. The van der Waals surface area contributed by atoms with Gasteiger partial charge in [-0.05, 0) is 30.7 Å². The Morgan fingerprint density at radius 3 is 2.78 bits per heavy atom. The van der Waals surface area contributed by atoms with E-state index in [1.165, 1.54) is 0 Å². The first-order valence-corrected chi connectivity index (χ1v) is 6.02. The molecule has 3 aromatic rings. The summed E-state index contributed by atoms with van der Waals surface area (Å²) in [7, 11) is 0. The van der Waals surface area contributed by atoms with E-state index in [0.29, 0.717) is 22.1 Å². The molecular weight excluding hydrogens is 250 g/mol. The Hall–Kier alpha value is -1.71. The molecule has 0 aliphatic carbocycles. The molecule has 2 aromatic heterocycles. The fraction of sp³-hybridized carbons (Fsp3) is 0.143. The van der Waals surface area contributed by atoms with Crippen molar-refractivity contribution in [2.45, 2.75) is 13.0 Å². The van der Waals surface area contributed by atoms with E-state index in [-0.39, 0.29) is 0 Å². The van der Waals surface area contributed by atoms with Gasteiger partial charge in [0.1, 0.15) is 17.6 Å². The third-order valence-electron chi connectivity index (χ3n) is 3.01. The number of furan rings is 2. The van der Waals surface area contributed by atoms with Crippen LogP contribution in [0.3, 0.4) is 0 Å². The SMILES string of the molecule is Cc1ccoc1C(N)c1cc2cccc(Cl)c2o1. The Bertz CT molecular complexity index is 699. The number of hydrogen-bond donors (Lipinski definition) is 1. The molecule has 2 N–H and O–H groups in total. The first kappa shape index (κ1) is 11.4. The minimum Gasteiger partial charge on any atom is -0.467 e. The molecule has 0 aliphatic heterocycles. The fourth-order valence-electron chi connectivity index (χ4n) is 2.03. The van der Waals surface area contributed by atoms with Crippen LogP contribution in [-0.4, -0.2) is 0 Å². The van der Waals surface area contributed by atoms with Crippen molar-refractivity contribution in [2.24, 2.45) is 5.73 Å². The summed E-state index contributed by atoms with van der Waals surface area (Å²) < 4.78 is 11.1. The minimum atomic E-state index is -0.413. The summed E-state index contributed by atoms with van der Waals surface area (Å²) in [6, 6.07) is 8.98. The molecule has 2 heterocycles. The predicted molar refractivity (Wildman–Crippen MR) is 70.7 cm³/mol. The van der Waals surface area contributed by atoms with E-state index in [2.05, 4.69) is 0 Å². The highest BCUT2D eigenvalue weighted by Gasteiger charge is 2.19. The number of halogens is 1. The first-order valence-electron chi connectivity index (χ1n) is 5.64. The molecule has 0 bridgehead atoms. The van der Waals surface area contributed by atoms with Crippen LogP contribution >= 0.6 is 11.6 Å². The third kappa shape index (κ3) is 1.72. The highest BCUT2D eigenvalue weighted by molar-refractivity contribution is 6.34. The first-order chi connectivity index (χ1) is 8.66. The molecule has 0 fully saturated rings. The van der Waals surface area contributed by atoms with E-state index in [0.717, 1.165) is 10.9 Å². The molecule has 1 atom stereocenters. The van der Waals surface area contributed by atoms with Crippen molar-refractivity contribution in [3.63, 3.8) is 0 Å². The van der Waals surface area contributed by atoms with Gasteiger partial charge in [0.25, 0.3) is 0 Å². The summed E-state index contributed by atoms with van der Waals surface area (Å²) in [5, 5.41) is 1.53. The second-order valence-corrected chi connectivity index (χ2v) is 4.66. The van der Waals surface area contributed by atoms with E-state index >= 15 is 0 Å². The summed E-state index contributed by atoms with van der Waals surface area (Å²) in [5.41, 5.74) is 7.81. The van der Waals surface area contributed by atoms with E-state index in [1.807, 2.05) is 31.2 Å². The Balaban J connectivity index is 2.10. The Morgan fingerprint density at radius 1 is 1.28 bits per heavy atom. The topological polar surface area (TPSA) is 52.3 Å². The van der Waals surface area contributed by atoms with Crippen LogP contribution in [0.4, 0.5) is 0 Å². The Labute approximate surface area is 109 Å². The van der Waals surface area contributed by atoms with Crippen molar-refractivity contribution < 1.29 is 8.83 Å². The highest BCUT2D eigenvalue weighted by atomic mass is 35.5. The van der Waals surface area contributed by atoms with E-state index in [9.17, 15) is 0 Å². The van der Waals surface area contributed by atoms with Gasteiger partial charge in [0.15, 0.2) is 5.58 Å². The van der Waals surface area contributed by atoms with Gasteiger partial charge in [0, 0.05) is 5.39 Å². The van der Waals surface area contributed by atoms with Gasteiger partial charge in [-0.3, -0.25) is 0 Å². The molecule has 1 unspecified atom stereocenters. The second kappa shape index (κ2) is 4.19. The van der Waals surface area contributed by atoms with Crippen molar-refractivity contribution >= 4 is 22.6 Å². The maximum atomic E-state index is 6.14. The highest BCUT2D eigenvalue weighted by Crippen LogP contribution is 2.31. The van der Waals surface area contributed by atoms with Crippen LogP contribution in [0.5, 0.6) is 0 Å².